The lowest BCUT2D eigenvalue weighted by molar-refractivity contribution is 0.173. The first-order chi connectivity index (χ1) is 8.83. The van der Waals surface area contributed by atoms with Gasteiger partial charge in [0.2, 0.25) is 18.7 Å². The number of hydrogen-bond donors (Lipinski definition) is 2. The number of nitrogens with two attached hydrogens (primary N) is 1. The number of ether oxygens (including phenoxy) is 2. The van der Waals surface area contributed by atoms with Crippen LogP contribution in [0.15, 0.2) is 24.5 Å². The van der Waals surface area contributed by atoms with E-state index in [-0.39, 0.29) is 12.7 Å². The van der Waals surface area contributed by atoms with Gasteiger partial charge in [-0.15, -0.1) is 0 Å². The Bertz CT molecular complexity index is 575. The molecular formula is C11H11N5O2. The molecule has 0 atom stereocenters. The van der Waals surface area contributed by atoms with Crippen LogP contribution in [0, 0.1) is 0 Å². The highest BCUT2D eigenvalue weighted by atomic mass is 16.7. The van der Waals surface area contributed by atoms with Crippen LogP contribution >= 0.6 is 0 Å². The summed E-state index contributed by atoms with van der Waals surface area (Å²) in [6, 6.07) is 5.73. The molecule has 0 radical (unpaired) electrons. The summed E-state index contributed by atoms with van der Waals surface area (Å²) >= 11 is 0. The smallest absolute Gasteiger partial charge is 0.231 e. The third-order valence-electron chi connectivity index (χ3n) is 2.51. The van der Waals surface area contributed by atoms with Crippen molar-refractivity contribution in [3.63, 3.8) is 0 Å². The molecule has 0 bridgehead atoms. The fraction of sp³-hybridized carbons (Fsp3) is 0.182. The maximum Gasteiger partial charge on any atom is 0.231 e. The average molecular weight is 245 g/mol. The van der Waals surface area contributed by atoms with Crippen molar-refractivity contribution in [3.8, 4) is 11.5 Å². The van der Waals surface area contributed by atoms with Crippen molar-refractivity contribution < 1.29 is 9.47 Å². The number of para-hydroxylation sites is 1. The molecule has 18 heavy (non-hydrogen) atoms. The van der Waals surface area contributed by atoms with Crippen molar-refractivity contribution in [1.29, 1.82) is 0 Å². The van der Waals surface area contributed by atoms with Crippen LogP contribution in [-0.4, -0.2) is 21.7 Å². The van der Waals surface area contributed by atoms with E-state index in [4.69, 9.17) is 15.2 Å². The molecule has 1 aliphatic heterocycles. The van der Waals surface area contributed by atoms with E-state index in [1.807, 2.05) is 18.2 Å². The number of nitrogen functional groups attached to an aromatic ring is 1. The largest absolute Gasteiger partial charge is 0.454 e. The quantitative estimate of drug-likeness (QED) is 0.825. The summed E-state index contributed by atoms with van der Waals surface area (Å²) < 4.78 is 10.7. The zero-order chi connectivity index (χ0) is 12.4. The van der Waals surface area contributed by atoms with Crippen molar-refractivity contribution in [3.05, 3.63) is 30.1 Å². The molecule has 0 unspecified atom stereocenters. The molecule has 3 N–H and O–H groups in total. The van der Waals surface area contributed by atoms with E-state index in [9.17, 15) is 0 Å². The van der Waals surface area contributed by atoms with E-state index < -0.39 is 0 Å². The van der Waals surface area contributed by atoms with Gasteiger partial charge in [0.1, 0.15) is 6.33 Å². The lowest BCUT2D eigenvalue weighted by Crippen LogP contribution is -2.06. The Morgan fingerprint density at radius 2 is 2.22 bits per heavy atom. The van der Waals surface area contributed by atoms with Gasteiger partial charge in [0.25, 0.3) is 0 Å². The zero-order valence-electron chi connectivity index (χ0n) is 9.46. The molecule has 0 fully saturated rings. The summed E-state index contributed by atoms with van der Waals surface area (Å²) in [7, 11) is 0. The molecule has 92 valence electrons. The highest BCUT2D eigenvalue weighted by Gasteiger charge is 2.16. The van der Waals surface area contributed by atoms with Crippen LogP contribution in [-0.2, 0) is 6.54 Å². The van der Waals surface area contributed by atoms with Crippen molar-refractivity contribution in [2.24, 2.45) is 0 Å². The SMILES string of the molecule is Nc1ncnc(NCc2cccc3c2OCO3)n1. The van der Waals surface area contributed by atoms with Gasteiger partial charge in [-0.2, -0.15) is 4.98 Å². The normalized spacial score (nSPS) is 12.4. The van der Waals surface area contributed by atoms with E-state index in [1.165, 1.54) is 6.33 Å². The van der Waals surface area contributed by atoms with Gasteiger partial charge in [-0.1, -0.05) is 12.1 Å². The summed E-state index contributed by atoms with van der Waals surface area (Å²) in [4.78, 5) is 11.6. The molecule has 7 nitrogen and oxygen atoms in total. The van der Waals surface area contributed by atoms with Gasteiger partial charge in [-0.3, -0.25) is 0 Å². The van der Waals surface area contributed by atoms with Crippen molar-refractivity contribution in [2.45, 2.75) is 6.54 Å². The van der Waals surface area contributed by atoms with Crippen LogP contribution in [0.5, 0.6) is 11.5 Å². The van der Waals surface area contributed by atoms with Crippen LogP contribution in [0.4, 0.5) is 11.9 Å². The van der Waals surface area contributed by atoms with E-state index in [0.717, 1.165) is 17.1 Å². The Morgan fingerprint density at radius 3 is 3.11 bits per heavy atom. The number of rotatable bonds is 3. The Kier molecular flexibility index (Phi) is 2.56. The lowest BCUT2D eigenvalue weighted by Gasteiger charge is -2.07. The number of fused-ring (bicyclic) bond motifs is 1. The summed E-state index contributed by atoms with van der Waals surface area (Å²) in [6.45, 7) is 0.779. The minimum atomic E-state index is 0.186. The number of nitrogens with one attached hydrogen (secondary N) is 1. The summed E-state index contributed by atoms with van der Waals surface area (Å²) in [5, 5.41) is 3.05. The Morgan fingerprint density at radius 1 is 1.28 bits per heavy atom. The second kappa shape index (κ2) is 4.36. The van der Waals surface area contributed by atoms with Crippen molar-refractivity contribution in [2.75, 3.05) is 17.8 Å². The second-order valence-corrected chi connectivity index (χ2v) is 3.67. The number of hydrogen-bond acceptors (Lipinski definition) is 7. The first-order valence-electron chi connectivity index (χ1n) is 5.39. The molecule has 0 spiro atoms. The molecule has 0 amide bonds. The zero-order valence-corrected chi connectivity index (χ0v) is 9.46. The van der Waals surface area contributed by atoms with Crippen LogP contribution in [0.3, 0.4) is 0 Å². The molecule has 7 heteroatoms. The molecule has 2 heterocycles. The molecule has 3 rings (SSSR count). The van der Waals surface area contributed by atoms with Crippen LogP contribution in [0.1, 0.15) is 5.56 Å². The molecule has 1 aromatic carbocycles. The minimum absolute atomic E-state index is 0.186. The van der Waals surface area contributed by atoms with E-state index >= 15 is 0 Å². The number of nitrogens with zero attached hydrogens (tertiary/aromatic N) is 3. The maximum absolute atomic E-state index is 5.47. The number of benzene rings is 1. The van der Waals surface area contributed by atoms with E-state index in [2.05, 4.69) is 20.3 Å². The Balaban J connectivity index is 1.76. The van der Waals surface area contributed by atoms with Gasteiger partial charge >= 0.3 is 0 Å². The molecule has 1 aromatic heterocycles. The fourth-order valence-electron chi connectivity index (χ4n) is 1.70. The monoisotopic (exact) mass is 245 g/mol. The third-order valence-corrected chi connectivity index (χ3v) is 2.51. The minimum Gasteiger partial charge on any atom is -0.454 e. The van der Waals surface area contributed by atoms with Gasteiger partial charge in [0.15, 0.2) is 11.5 Å². The number of aromatic nitrogens is 3. The highest BCUT2D eigenvalue weighted by molar-refractivity contribution is 5.49. The predicted octanol–water partition coefficient (Wildman–Crippen LogP) is 0.795. The highest BCUT2D eigenvalue weighted by Crippen LogP contribution is 2.35. The van der Waals surface area contributed by atoms with Crippen molar-refractivity contribution in [1.82, 2.24) is 15.0 Å². The summed E-state index contributed by atoms with van der Waals surface area (Å²) in [5.41, 5.74) is 6.45. The Hall–Kier alpha value is -2.57. The first kappa shape index (κ1) is 10.6. The molecular weight excluding hydrogens is 234 g/mol. The first-order valence-corrected chi connectivity index (χ1v) is 5.39. The van der Waals surface area contributed by atoms with Crippen molar-refractivity contribution >= 4 is 11.9 Å². The average Bonchev–Trinajstić information content (AvgIpc) is 2.85. The van der Waals surface area contributed by atoms with Gasteiger partial charge < -0.3 is 20.5 Å². The van der Waals surface area contributed by atoms with Gasteiger partial charge in [0.05, 0.1) is 0 Å². The van der Waals surface area contributed by atoms with Gasteiger partial charge in [-0.25, -0.2) is 9.97 Å². The lowest BCUT2D eigenvalue weighted by atomic mass is 10.2. The Labute approximate surface area is 103 Å². The predicted molar refractivity (Wildman–Crippen MR) is 64.1 cm³/mol. The topological polar surface area (TPSA) is 95.2 Å². The third kappa shape index (κ3) is 1.97. The summed E-state index contributed by atoms with van der Waals surface area (Å²) in [5.74, 6) is 2.13. The molecule has 2 aromatic rings. The van der Waals surface area contributed by atoms with E-state index in [0.29, 0.717) is 12.5 Å². The van der Waals surface area contributed by atoms with Crippen LogP contribution in [0.25, 0.3) is 0 Å². The molecule has 1 aliphatic rings. The van der Waals surface area contributed by atoms with E-state index in [1.54, 1.807) is 0 Å². The molecule has 0 aliphatic carbocycles. The van der Waals surface area contributed by atoms with Crippen LogP contribution < -0.4 is 20.5 Å². The maximum atomic E-state index is 5.47. The second-order valence-electron chi connectivity index (χ2n) is 3.67. The van der Waals surface area contributed by atoms with Gasteiger partial charge in [-0.05, 0) is 6.07 Å². The molecule has 0 saturated heterocycles. The van der Waals surface area contributed by atoms with Gasteiger partial charge in [0, 0.05) is 12.1 Å². The molecule has 0 saturated carbocycles. The van der Waals surface area contributed by atoms with Crippen LogP contribution in [0.2, 0.25) is 0 Å². The standard InChI is InChI=1S/C11H11N5O2/c12-10-14-5-15-11(16-10)13-4-7-2-1-3-8-9(7)18-6-17-8/h1-3,5H,4,6H2,(H3,12,13,14,15,16). The summed E-state index contributed by atoms with van der Waals surface area (Å²) in [6.07, 6.45) is 1.36. The number of anilines is 2. The fourth-order valence-corrected chi connectivity index (χ4v) is 1.70.